The van der Waals surface area contributed by atoms with Crippen molar-refractivity contribution in [1.82, 2.24) is 4.98 Å². The molecule has 0 aliphatic heterocycles. The molecule has 0 radical (unpaired) electrons. The van der Waals surface area contributed by atoms with E-state index in [4.69, 9.17) is 0 Å². The third kappa shape index (κ3) is 2.44. The number of hydrogen-bond acceptors (Lipinski definition) is 0. The molecule has 1 nitrogen and oxygen atoms in total. The lowest BCUT2D eigenvalue weighted by Crippen LogP contribution is -1.79. The Morgan fingerprint density at radius 1 is 0.833 bits per heavy atom. The summed E-state index contributed by atoms with van der Waals surface area (Å²) in [6.07, 6.45) is 3.88. The number of fused-ring (bicyclic) bond motifs is 3. The van der Waals surface area contributed by atoms with Crippen LogP contribution in [0.5, 0.6) is 0 Å². The molecule has 0 fully saturated rings. The Labute approximate surface area is 142 Å². The topological polar surface area (TPSA) is 15.8 Å². The minimum Gasteiger partial charge on any atom is -0.355 e. The predicted octanol–water partition coefficient (Wildman–Crippen LogP) is 6.58. The summed E-state index contributed by atoms with van der Waals surface area (Å²) in [5.41, 5.74) is 7.28. The number of benzene rings is 3. The van der Waals surface area contributed by atoms with Gasteiger partial charge in [-0.1, -0.05) is 61.2 Å². The van der Waals surface area contributed by atoms with Crippen LogP contribution in [0.15, 0.2) is 85.5 Å². The van der Waals surface area contributed by atoms with Crippen molar-refractivity contribution in [2.45, 2.75) is 6.92 Å². The van der Waals surface area contributed by atoms with Crippen LogP contribution in [0, 0.1) is 0 Å². The molecule has 1 N–H and O–H groups in total. The number of aromatic nitrogens is 1. The highest BCUT2D eigenvalue weighted by atomic mass is 14.7. The Kier molecular flexibility index (Phi) is 3.55. The second-order valence-corrected chi connectivity index (χ2v) is 6.10. The second kappa shape index (κ2) is 5.86. The lowest BCUT2D eigenvalue weighted by molar-refractivity contribution is 1.53. The highest BCUT2D eigenvalue weighted by Gasteiger charge is 2.07. The van der Waals surface area contributed by atoms with E-state index in [1.165, 1.54) is 44.1 Å². The molecule has 1 heterocycles. The van der Waals surface area contributed by atoms with E-state index in [1.807, 2.05) is 12.2 Å². The zero-order valence-electron chi connectivity index (χ0n) is 13.7. The van der Waals surface area contributed by atoms with Crippen LogP contribution < -0.4 is 0 Å². The predicted molar refractivity (Wildman–Crippen MR) is 105 cm³/mol. The van der Waals surface area contributed by atoms with Gasteiger partial charge >= 0.3 is 0 Å². The molecule has 0 atom stereocenters. The van der Waals surface area contributed by atoms with Crippen LogP contribution in [0.25, 0.3) is 38.5 Å². The van der Waals surface area contributed by atoms with E-state index in [0.29, 0.717) is 0 Å². The molecule has 3 aromatic carbocycles. The van der Waals surface area contributed by atoms with Gasteiger partial charge in [0.25, 0.3) is 0 Å². The lowest BCUT2D eigenvalue weighted by Gasteiger charge is -2.03. The highest BCUT2D eigenvalue weighted by molar-refractivity contribution is 6.09. The molecule has 0 saturated heterocycles. The molecule has 0 aliphatic rings. The van der Waals surface area contributed by atoms with Gasteiger partial charge in [0.2, 0.25) is 0 Å². The summed E-state index contributed by atoms with van der Waals surface area (Å²) in [7, 11) is 0. The van der Waals surface area contributed by atoms with Crippen LogP contribution in [0.4, 0.5) is 0 Å². The van der Waals surface area contributed by atoms with Crippen LogP contribution in [-0.2, 0) is 0 Å². The van der Waals surface area contributed by atoms with Gasteiger partial charge in [0.15, 0.2) is 0 Å². The van der Waals surface area contributed by atoms with Crippen LogP contribution in [0.1, 0.15) is 12.5 Å². The van der Waals surface area contributed by atoms with E-state index >= 15 is 0 Å². The number of allylic oxidation sites excluding steroid dienone is 3. The third-order valence-corrected chi connectivity index (χ3v) is 4.53. The number of aromatic amines is 1. The Morgan fingerprint density at radius 2 is 1.54 bits per heavy atom. The van der Waals surface area contributed by atoms with Crippen molar-refractivity contribution in [3.8, 4) is 11.1 Å². The fourth-order valence-electron chi connectivity index (χ4n) is 3.23. The molecule has 4 aromatic rings. The van der Waals surface area contributed by atoms with Crippen molar-refractivity contribution >= 4 is 27.4 Å². The SMILES string of the molecule is C=CC=C(C)c1ccc2[nH]c3ccc(-c4ccccc4)cc3c2c1. The average molecular weight is 309 g/mol. The van der Waals surface area contributed by atoms with E-state index in [-0.39, 0.29) is 0 Å². The van der Waals surface area contributed by atoms with Gasteiger partial charge in [-0.05, 0) is 53.5 Å². The normalized spacial score (nSPS) is 12.0. The summed E-state index contributed by atoms with van der Waals surface area (Å²) in [6, 6.07) is 23.7. The Hall–Kier alpha value is -3.06. The standard InChI is InChI=1S/C23H19N/c1-3-7-16(2)18-10-12-22-20(14-18)21-15-19(11-13-23(21)24-22)17-8-5-4-6-9-17/h3-15,24H,1H2,2H3. The number of rotatable bonds is 3. The number of nitrogens with one attached hydrogen (secondary N) is 1. The third-order valence-electron chi connectivity index (χ3n) is 4.53. The minimum atomic E-state index is 1.17. The number of hydrogen-bond donors (Lipinski definition) is 1. The first-order chi connectivity index (χ1) is 11.8. The first-order valence-electron chi connectivity index (χ1n) is 8.17. The van der Waals surface area contributed by atoms with Gasteiger partial charge in [0.05, 0.1) is 0 Å². The zero-order valence-corrected chi connectivity index (χ0v) is 13.7. The summed E-state index contributed by atoms with van der Waals surface area (Å²) in [6.45, 7) is 5.91. The summed E-state index contributed by atoms with van der Waals surface area (Å²) < 4.78 is 0. The first kappa shape index (κ1) is 14.5. The minimum absolute atomic E-state index is 1.17. The van der Waals surface area contributed by atoms with Crippen LogP contribution >= 0.6 is 0 Å². The summed E-state index contributed by atoms with van der Waals surface area (Å²) in [4.78, 5) is 3.52. The quantitative estimate of drug-likeness (QED) is 0.411. The maximum Gasteiger partial charge on any atom is 0.0465 e. The van der Waals surface area contributed by atoms with Crippen molar-refractivity contribution in [2.75, 3.05) is 0 Å². The van der Waals surface area contributed by atoms with Gasteiger partial charge in [0.1, 0.15) is 0 Å². The highest BCUT2D eigenvalue weighted by Crippen LogP contribution is 2.31. The maximum absolute atomic E-state index is 3.79. The molecule has 0 amide bonds. The molecular weight excluding hydrogens is 290 g/mol. The Balaban J connectivity index is 1.94. The molecule has 0 aliphatic carbocycles. The lowest BCUT2D eigenvalue weighted by atomic mass is 10.0. The molecule has 0 unspecified atom stereocenters. The van der Waals surface area contributed by atoms with Crippen LogP contribution in [0.2, 0.25) is 0 Å². The van der Waals surface area contributed by atoms with E-state index in [0.717, 1.165) is 0 Å². The summed E-state index contributed by atoms with van der Waals surface area (Å²) in [5.74, 6) is 0. The van der Waals surface area contributed by atoms with Gasteiger partial charge in [-0.25, -0.2) is 0 Å². The van der Waals surface area contributed by atoms with E-state index in [2.05, 4.69) is 85.2 Å². The van der Waals surface area contributed by atoms with Gasteiger partial charge in [0, 0.05) is 21.8 Å². The van der Waals surface area contributed by atoms with Crippen LogP contribution in [0.3, 0.4) is 0 Å². The monoisotopic (exact) mass is 309 g/mol. The van der Waals surface area contributed by atoms with E-state index < -0.39 is 0 Å². The molecule has 0 bridgehead atoms. The molecule has 0 spiro atoms. The molecule has 1 aromatic heterocycles. The Morgan fingerprint density at radius 3 is 2.29 bits per heavy atom. The molecular formula is C23H19N. The second-order valence-electron chi connectivity index (χ2n) is 6.10. The Bertz CT molecular complexity index is 1070. The van der Waals surface area contributed by atoms with E-state index in [9.17, 15) is 0 Å². The van der Waals surface area contributed by atoms with E-state index in [1.54, 1.807) is 0 Å². The van der Waals surface area contributed by atoms with Crippen molar-refractivity contribution in [3.63, 3.8) is 0 Å². The van der Waals surface area contributed by atoms with Gasteiger partial charge in [-0.3, -0.25) is 0 Å². The first-order valence-corrected chi connectivity index (χ1v) is 8.17. The van der Waals surface area contributed by atoms with Gasteiger partial charge in [-0.2, -0.15) is 0 Å². The molecule has 4 rings (SSSR count). The fourth-order valence-corrected chi connectivity index (χ4v) is 3.23. The van der Waals surface area contributed by atoms with Crippen molar-refractivity contribution in [2.24, 2.45) is 0 Å². The average Bonchev–Trinajstić information content (AvgIpc) is 2.99. The summed E-state index contributed by atoms with van der Waals surface area (Å²) >= 11 is 0. The number of H-pyrrole nitrogens is 1. The van der Waals surface area contributed by atoms with Gasteiger partial charge in [-0.15, -0.1) is 0 Å². The van der Waals surface area contributed by atoms with Crippen molar-refractivity contribution in [1.29, 1.82) is 0 Å². The van der Waals surface area contributed by atoms with Crippen molar-refractivity contribution < 1.29 is 0 Å². The van der Waals surface area contributed by atoms with Gasteiger partial charge < -0.3 is 4.98 Å². The molecule has 24 heavy (non-hydrogen) atoms. The smallest absolute Gasteiger partial charge is 0.0465 e. The molecule has 116 valence electrons. The van der Waals surface area contributed by atoms with Crippen LogP contribution in [-0.4, -0.2) is 4.98 Å². The van der Waals surface area contributed by atoms with Crippen molar-refractivity contribution in [3.05, 3.63) is 91.0 Å². The molecule has 0 saturated carbocycles. The maximum atomic E-state index is 3.79. The fraction of sp³-hybridized carbons (Fsp3) is 0.0435. The largest absolute Gasteiger partial charge is 0.355 e. The summed E-state index contributed by atoms with van der Waals surface area (Å²) in [5, 5.41) is 2.52. The molecule has 1 heteroatoms. The zero-order chi connectivity index (χ0) is 16.5.